The molecule has 0 bridgehead atoms. The van der Waals surface area contributed by atoms with Crippen molar-refractivity contribution in [3.63, 3.8) is 0 Å². The lowest BCUT2D eigenvalue weighted by Crippen LogP contribution is -2.39. The van der Waals surface area contributed by atoms with Gasteiger partial charge in [0.15, 0.2) is 5.82 Å². The van der Waals surface area contributed by atoms with Crippen LogP contribution in [0.3, 0.4) is 0 Å². The Morgan fingerprint density at radius 1 is 1.26 bits per heavy atom. The van der Waals surface area contributed by atoms with Gasteiger partial charge < -0.3 is 19.7 Å². The molecule has 0 aromatic carbocycles. The van der Waals surface area contributed by atoms with Crippen molar-refractivity contribution >= 4 is 5.82 Å². The number of ether oxygens (including phenoxy) is 2. The molecule has 182 valence electrons. The predicted molar refractivity (Wildman–Crippen MR) is 127 cm³/mol. The molecule has 1 fully saturated rings. The van der Waals surface area contributed by atoms with Crippen LogP contribution in [-0.2, 0) is 17.7 Å². The number of halogens is 1. The van der Waals surface area contributed by atoms with Crippen LogP contribution in [-0.4, -0.2) is 69.0 Å². The highest BCUT2D eigenvalue weighted by molar-refractivity contribution is 5.71. The van der Waals surface area contributed by atoms with Crippen molar-refractivity contribution < 1.29 is 13.9 Å². The van der Waals surface area contributed by atoms with Crippen LogP contribution in [0.25, 0.3) is 16.9 Å². The number of nitrogens with one attached hydrogen (secondary N) is 1. The quantitative estimate of drug-likeness (QED) is 0.593. The molecule has 0 aliphatic carbocycles. The van der Waals surface area contributed by atoms with Crippen molar-refractivity contribution in [1.29, 1.82) is 0 Å². The topological polar surface area (TPSA) is 82.3 Å². The Hall–Kier alpha value is -2.98. The molecule has 0 atom stereocenters. The maximum absolute atomic E-state index is 14.4. The third-order valence-electron chi connectivity index (χ3n) is 6.78. The molecular weight excluding hydrogens is 437 g/mol. The van der Waals surface area contributed by atoms with E-state index in [1.54, 1.807) is 6.20 Å². The summed E-state index contributed by atoms with van der Waals surface area (Å²) in [6.45, 7) is 8.64. The van der Waals surface area contributed by atoms with Gasteiger partial charge >= 0.3 is 0 Å². The lowest BCUT2D eigenvalue weighted by molar-refractivity contribution is 0.140. The van der Waals surface area contributed by atoms with E-state index in [9.17, 15) is 4.39 Å². The fraction of sp³-hybridized carbons (Fsp3) is 0.542. The van der Waals surface area contributed by atoms with Crippen molar-refractivity contribution in [2.75, 3.05) is 38.9 Å². The monoisotopic (exact) mass is 469 g/mol. The summed E-state index contributed by atoms with van der Waals surface area (Å²) in [6.07, 6.45) is 8.49. The Bertz CT molecular complexity index is 1130. The first kappa shape index (κ1) is 22.8. The average molecular weight is 470 g/mol. The van der Waals surface area contributed by atoms with Crippen LogP contribution in [0.4, 0.5) is 10.2 Å². The largest absolute Gasteiger partial charge is 0.479 e. The smallest absolute Gasteiger partial charge is 0.250 e. The first-order valence-electron chi connectivity index (χ1n) is 11.9. The number of rotatable bonds is 6. The van der Waals surface area contributed by atoms with E-state index in [1.165, 1.54) is 26.0 Å². The van der Waals surface area contributed by atoms with Gasteiger partial charge in [-0.15, -0.1) is 0 Å². The number of pyridine rings is 1. The molecule has 0 radical (unpaired) electrons. The van der Waals surface area contributed by atoms with Gasteiger partial charge in [0, 0.05) is 36.3 Å². The molecule has 34 heavy (non-hydrogen) atoms. The Balaban J connectivity index is 1.41. The van der Waals surface area contributed by atoms with Crippen LogP contribution in [0.1, 0.15) is 32.3 Å². The highest BCUT2D eigenvalue weighted by Gasteiger charge is 2.25. The lowest BCUT2D eigenvalue weighted by Gasteiger charge is -2.34. The molecule has 2 aliphatic heterocycles. The first-order valence-corrected chi connectivity index (χ1v) is 11.9. The number of likely N-dealkylation sites (tertiary alicyclic amines) is 1. The second-order valence-corrected chi connectivity index (χ2v) is 9.28. The molecule has 10 heteroatoms. The lowest BCUT2D eigenvalue weighted by atomic mass is 9.96. The molecule has 1 saturated heterocycles. The van der Waals surface area contributed by atoms with E-state index in [-0.39, 0.29) is 5.88 Å². The Kier molecular flexibility index (Phi) is 6.51. The molecule has 0 spiro atoms. The maximum Gasteiger partial charge on any atom is 0.250 e. The van der Waals surface area contributed by atoms with Crippen LogP contribution in [0.2, 0.25) is 0 Å². The third kappa shape index (κ3) is 4.52. The van der Waals surface area contributed by atoms with E-state index in [4.69, 9.17) is 14.6 Å². The Morgan fingerprint density at radius 3 is 2.82 bits per heavy atom. The van der Waals surface area contributed by atoms with E-state index < -0.39 is 5.82 Å². The van der Waals surface area contributed by atoms with Gasteiger partial charge in [-0.3, -0.25) is 4.68 Å². The van der Waals surface area contributed by atoms with Crippen LogP contribution in [0.5, 0.6) is 5.88 Å². The number of methoxy groups -OCH3 is 1. The minimum atomic E-state index is -0.516. The number of piperidine rings is 1. The molecule has 1 N–H and O–H groups in total. The molecule has 9 nitrogen and oxygen atoms in total. The summed E-state index contributed by atoms with van der Waals surface area (Å²) in [6, 6.07) is 2.02. The van der Waals surface area contributed by atoms with Gasteiger partial charge in [0.05, 0.1) is 31.8 Å². The highest BCUT2D eigenvalue weighted by Crippen LogP contribution is 2.33. The van der Waals surface area contributed by atoms with E-state index in [1.807, 2.05) is 21.8 Å². The second-order valence-electron chi connectivity index (χ2n) is 9.28. The molecule has 0 saturated carbocycles. The fourth-order valence-corrected chi connectivity index (χ4v) is 4.84. The summed E-state index contributed by atoms with van der Waals surface area (Å²) < 4.78 is 28.8. The van der Waals surface area contributed by atoms with Gasteiger partial charge in [0.2, 0.25) is 5.88 Å². The van der Waals surface area contributed by atoms with E-state index >= 15 is 0 Å². The van der Waals surface area contributed by atoms with Crippen molar-refractivity contribution in [2.24, 2.45) is 5.92 Å². The summed E-state index contributed by atoms with van der Waals surface area (Å²) in [5.74, 6) is 0.912. The molecule has 0 amide bonds. The number of aromatic nitrogens is 5. The third-order valence-corrected chi connectivity index (χ3v) is 6.78. The van der Waals surface area contributed by atoms with Gasteiger partial charge in [-0.05, 0) is 51.8 Å². The van der Waals surface area contributed by atoms with Crippen molar-refractivity contribution in [3.05, 3.63) is 36.0 Å². The zero-order valence-corrected chi connectivity index (χ0v) is 20.0. The molecule has 3 aromatic rings. The minimum absolute atomic E-state index is 0.0313. The molecule has 0 unspecified atom stereocenters. The van der Waals surface area contributed by atoms with E-state index in [2.05, 4.69) is 34.1 Å². The van der Waals surface area contributed by atoms with Gasteiger partial charge in [-0.1, -0.05) is 0 Å². The van der Waals surface area contributed by atoms with Crippen LogP contribution >= 0.6 is 0 Å². The molecular formula is C24H32FN7O2. The van der Waals surface area contributed by atoms with Crippen LogP contribution in [0.15, 0.2) is 24.7 Å². The first-order chi connectivity index (χ1) is 16.5. The molecule has 5 rings (SSSR count). The van der Waals surface area contributed by atoms with Gasteiger partial charge in [0.1, 0.15) is 18.2 Å². The maximum atomic E-state index is 14.4. The van der Waals surface area contributed by atoms with Crippen molar-refractivity contribution in [2.45, 2.75) is 45.7 Å². The second kappa shape index (κ2) is 9.71. The molecule has 5 heterocycles. The number of fused-ring (bicyclic) bond motifs is 1. The zero-order valence-electron chi connectivity index (χ0n) is 20.0. The Morgan fingerprint density at radius 2 is 2.09 bits per heavy atom. The summed E-state index contributed by atoms with van der Waals surface area (Å²) in [7, 11) is 1.40. The normalized spacial score (nSPS) is 17.4. The van der Waals surface area contributed by atoms with Crippen LogP contribution in [0, 0.1) is 11.7 Å². The Labute approximate surface area is 198 Å². The minimum Gasteiger partial charge on any atom is -0.479 e. The predicted octanol–water partition coefficient (Wildman–Crippen LogP) is 3.34. The number of hydrogen-bond acceptors (Lipinski definition) is 7. The highest BCUT2D eigenvalue weighted by atomic mass is 19.1. The molecule has 2 aliphatic rings. The summed E-state index contributed by atoms with van der Waals surface area (Å²) in [5.41, 5.74) is 3.10. The summed E-state index contributed by atoms with van der Waals surface area (Å²) in [4.78, 5) is 6.63. The SMILES string of the molecule is COc1ncc(-c2nn(-c3cnn(CC4CCN(C(C)C)CC4)c3)c3c2CCOCN3)cc1F. The van der Waals surface area contributed by atoms with Gasteiger partial charge in [0.25, 0.3) is 0 Å². The van der Waals surface area contributed by atoms with Gasteiger partial charge in [-0.25, -0.2) is 14.1 Å². The van der Waals surface area contributed by atoms with Crippen molar-refractivity contribution in [1.82, 2.24) is 29.4 Å². The standard InChI is InChI=1S/C24H32FN7O2/c1-16(2)30-7-4-17(5-8-30)13-31-14-19(12-28-31)32-23-20(6-9-34-15-27-23)22(29-32)18-10-21(25)24(33-3)26-11-18/h10-12,14,16-17,27H,4-9,13,15H2,1-3H3. The van der Waals surface area contributed by atoms with E-state index in [0.29, 0.717) is 43.0 Å². The molecule has 3 aromatic heterocycles. The number of anilines is 1. The fourth-order valence-electron chi connectivity index (χ4n) is 4.84. The number of hydrogen-bond donors (Lipinski definition) is 1. The summed E-state index contributed by atoms with van der Waals surface area (Å²) >= 11 is 0. The van der Waals surface area contributed by atoms with Crippen LogP contribution < -0.4 is 10.1 Å². The van der Waals surface area contributed by atoms with E-state index in [0.717, 1.165) is 36.7 Å². The summed E-state index contributed by atoms with van der Waals surface area (Å²) in [5, 5.41) is 12.8. The van der Waals surface area contributed by atoms with Gasteiger partial charge in [-0.2, -0.15) is 10.2 Å². The average Bonchev–Trinajstić information content (AvgIpc) is 3.36. The van der Waals surface area contributed by atoms with Crippen molar-refractivity contribution in [3.8, 4) is 22.8 Å². The zero-order chi connectivity index (χ0) is 23.7. The number of nitrogens with zero attached hydrogens (tertiary/aromatic N) is 6.